The van der Waals surface area contributed by atoms with Gasteiger partial charge in [-0.3, -0.25) is 9.69 Å². The molecule has 6 heteroatoms. The molecule has 2 aliphatic rings. The first-order chi connectivity index (χ1) is 17.1. The Morgan fingerprint density at radius 2 is 1.89 bits per heavy atom. The number of hydrogen-bond acceptors (Lipinski definition) is 5. The molecule has 2 saturated heterocycles. The number of pyridine rings is 1. The van der Waals surface area contributed by atoms with Gasteiger partial charge in [0.2, 0.25) is 0 Å². The number of carbonyl (C=O) groups is 1. The predicted molar refractivity (Wildman–Crippen MR) is 139 cm³/mol. The Kier molecular flexibility index (Phi) is 7.21. The molecule has 0 aliphatic carbocycles. The smallest absolute Gasteiger partial charge is 0.310 e. The number of esters is 1. The number of carbonyl (C=O) groups excluding carboxylic acids is 1. The Labute approximate surface area is 208 Å². The van der Waals surface area contributed by atoms with Gasteiger partial charge in [-0.2, -0.15) is 0 Å². The maximum atomic E-state index is 12.8. The molecule has 1 unspecified atom stereocenters. The maximum Gasteiger partial charge on any atom is 0.310 e. The van der Waals surface area contributed by atoms with E-state index in [4.69, 9.17) is 4.74 Å². The summed E-state index contributed by atoms with van der Waals surface area (Å²) in [6.45, 7) is 8.98. The molecule has 2 aromatic heterocycles. The molecule has 1 atom stereocenters. The third-order valence-electron chi connectivity index (χ3n) is 8.19. The van der Waals surface area contributed by atoms with Crippen LogP contribution < -0.4 is 0 Å². The van der Waals surface area contributed by atoms with Crippen LogP contribution >= 0.6 is 0 Å². The monoisotopic (exact) mass is 474 g/mol. The molecule has 35 heavy (non-hydrogen) atoms. The summed E-state index contributed by atoms with van der Waals surface area (Å²) in [6.07, 6.45) is 8.39. The number of hydrogen-bond donors (Lipinski definition) is 0. The first kappa shape index (κ1) is 24.0. The van der Waals surface area contributed by atoms with Crippen molar-refractivity contribution in [3.05, 3.63) is 66.0 Å². The fourth-order valence-electron chi connectivity index (χ4n) is 6.28. The molecule has 2 fully saturated rings. The maximum absolute atomic E-state index is 12.8. The second-order valence-corrected chi connectivity index (χ2v) is 10.4. The Balaban J connectivity index is 1.25. The van der Waals surface area contributed by atoms with E-state index in [0.717, 1.165) is 77.1 Å². The lowest BCUT2D eigenvalue weighted by atomic mass is 9.70. The highest BCUT2D eigenvalue weighted by atomic mass is 16.5. The van der Waals surface area contributed by atoms with Crippen LogP contribution in [0.5, 0.6) is 0 Å². The van der Waals surface area contributed by atoms with Gasteiger partial charge in [0.1, 0.15) is 5.65 Å². The number of likely N-dealkylation sites (tertiary alicyclic amines) is 2. The van der Waals surface area contributed by atoms with Gasteiger partial charge in [-0.25, -0.2) is 4.98 Å². The fraction of sp³-hybridized carbons (Fsp3) is 0.517. The summed E-state index contributed by atoms with van der Waals surface area (Å²) < 4.78 is 7.58. The highest BCUT2D eigenvalue weighted by molar-refractivity contribution is 5.80. The molecule has 0 bridgehead atoms. The number of benzene rings is 1. The van der Waals surface area contributed by atoms with Crippen molar-refractivity contribution >= 4 is 17.0 Å². The molecule has 0 radical (unpaired) electrons. The van der Waals surface area contributed by atoms with Gasteiger partial charge in [-0.1, -0.05) is 37.3 Å². The Bertz CT molecular complexity index is 1130. The van der Waals surface area contributed by atoms with Crippen molar-refractivity contribution < 1.29 is 9.53 Å². The second-order valence-electron chi connectivity index (χ2n) is 10.4. The summed E-state index contributed by atoms with van der Waals surface area (Å²) in [5.41, 5.74) is 3.83. The molecule has 0 amide bonds. The van der Waals surface area contributed by atoms with Crippen molar-refractivity contribution in [2.75, 3.05) is 39.8 Å². The fourth-order valence-corrected chi connectivity index (χ4v) is 6.28. The normalized spacial score (nSPS) is 20.6. The minimum atomic E-state index is -0.0330. The van der Waals surface area contributed by atoms with Crippen LogP contribution in [-0.2, 0) is 29.0 Å². The van der Waals surface area contributed by atoms with Gasteiger partial charge in [-0.05, 0) is 62.0 Å². The molecule has 0 saturated carbocycles. The van der Waals surface area contributed by atoms with Crippen molar-refractivity contribution in [1.29, 1.82) is 0 Å². The largest absolute Gasteiger partial charge is 0.469 e. The number of aryl methyl sites for hydroxylation is 1. The molecule has 1 aromatic carbocycles. The molecule has 5 rings (SSSR count). The van der Waals surface area contributed by atoms with E-state index in [9.17, 15) is 4.79 Å². The van der Waals surface area contributed by atoms with Crippen molar-refractivity contribution in [3.63, 3.8) is 0 Å². The van der Waals surface area contributed by atoms with E-state index in [0.29, 0.717) is 0 Å². The highest BCUT2D eigenvalue weighted by Crippen LogP contribution is 2.45. The van der Waals surface area contributed by atoms with Crippen LogP contribution in [0.15, 0.2) is 54.9 Å². The van der Waals surface area contributed by atoms with Crippen LogP contribution in [-0.4, -0.2) is 65.2 Å². The first-order valence-corrected chi connectivity index (χ1v) is 13.1. The third kappa shape index (κ3) is 5.00. The van der Waals surface area contributed by atoms with Gasteiger partial charge in [0, 0.05) is 55.9 Å². The van der Waals surface area contributed by atoms with E-state index in [1.54, 1.807) is 0 Å². The van der Waals surface area contributed by atoms with E-state index >= 15 is 0 Å². The number of methoxy groups -OCH3 is 1. The lowest BCUT2D eigenvalue weighted by Crippen LogP contribution is -2.46. The van der Waals surface area contributed by atoms with Crippen molar-refractivity contribution in [2.24, 2.45) is 11.3 Å². The molecular weight excluding hydrogens is 436 g/mol. The highest BCUT2D eigenvalue weighted by Gasteiger charge is 2.51. The topological polar surface area (TPSA) is 50.6 Å². The van der Waals surface area contributed by atoms with E-state index in [1.165, 1.54) is 23.6 Å². The molecule has 4 heterocycles. The van der Waals surface area contributed by atoms with E-state index in [2.05, 4.69) is 68.9 Å². The van der Waals surface area contributed by atoms with Crippen LogP contribution in [0.1, 0.15) is 37.3 Å². The number of fused-ring (bicyclic) bond motifs is 1. The van der Waals surface area contributed by atoms with E-state index in [-0.39, 0.29) is 17.3 Å². The quantitative estimate of drug-likeness (QED) is 0.454. The lowest BCUT2D eigenvalue weighted by Gasteiger charge is -2.41. The summed E-state index contributed by atoms with van der Waals surface area (Å²) in [4.78, 5) is 22.5. The number of piperidine rings is 1. The molecule has 0 N–H and O–H groups in total. The van der Waals surface area contributed by atoms with Gasteiger partial charge < -0.3 is 14.2 Å². The van der Waals surface area contributed by atoms with Gasteiger partial charge >= 0.3 is 5.97 Å². The predicted octanol–water partition coefficient (Wildman–Crippen LogP) is 4.38. The van der Waals surface area contributed by atoms with E-state index < -0.39 is 0 Å². The van der Waals surface area contributed by atoms with Gasteiger partial charge in [0.25, 0.3) is 0 Å². The average Bonchev–Trinajstić information content (AvgIpc) is 3.43. The van der Waals surface area contributed by atoms with Gasteiger partial charge in [0.05, 0.1) is 13.0 Å². The summed E-state index contributed by atoms with van der Waals surface area (Å²) in [5.74, 6) is -0.0598. The Morgan fingerprint density at radius 1 is 1.09 bits per heavy atom. The van der Waals surface area contributed by atoms with Crippen LogP contribution in [0.25, 0.3) is 11.0 Å². The van der Waals surface area contributed by atoms with Crippen molar-refractivity contribution in [1.82, 2.24) is 19.4 Å². The molecule has 2 aliphatic heterocycles. The summed E-state index contributed by atoms with van der Waals surface area (Å²) in [6, 6.07) is 14.9. The zero-order valence-electron chi connectivity index (χ0n) is 21.2. The van der Waals surface area contributed by atoms with E-state index in [1.807, 2.05) is 12.3 Å². The number of aromatic nitrogens is 2. The first-order valence-electron chi connectivity index (χ1n) is 13.1. The van der Waals surface area contributed by atoms with Crippen LogP contribution in [0.4, 0.5) is 0 Å². The minimum Gasteiger partial charge on any atom is -0.469 e. The molecule has 1 spiro atoms. The second kappa shape index (κ2) is 10.5. The Hall–Kier alpha value is -2.70. The van der Waals surface area contributed by atoms with Gasteiger partial charge in [-0.15, -0.1) is 0 Å². The number of ether oxygens (including phenoxy) is 1. The zero-order chi connectivity index (χ0) is 24.3. The summed E-state index contributed by atoms with van der Waals surface area (Å²) in [5, 5.41) is 1.27. The molecule has 3 aromatic rings. The molecule has 6 nitrogen and oxygen atoms in total. The Morgan fingerprint density at radius 3 is 2.63 bits per heavy atom. The average molecular weight is 475 g/mol. The summed E-state index contributed by atoms with van der Waals surface area (Å²) >= 11 is 0. The standard InChI is InChI=1S/C29H38N4O2/c1-3-15-33-20-24(25-10-7-14-30-27(25)33)19-31-17-12-29(13-18-31)22-32(21-26(29)28(34)35-2)16-11-23-8-5-4-6-9-23/h4-10,14,20,26H,3,11-13,15-19,21-22H2,1-2H3. The van der Waals surface area contributed by atoms with Crippen LogP contribution in [0.2, 0.25) is 0 Å². The minimum absolute atomic E-state index is 0.0258. The molecule has 186 valence electrons. The lowest BCUT2D eigenvalue weighted by molar-refractivity contribution is -0.149. The summed E-state index contributed by atoms with van der Waals surface area (Å²) in [7, 11) is 1.54. The van der Waals surface area contributed by atoms with Crippen molar-refractivity contribution in [3.8, 4) is 0 Å². The molecular formula is C29H38N4O2. The van der Waals surface area contributed by atoms with Crippen LogP contribution in [0, 0.1) is 11.3 Å². The van der Waals surface area contributed by atoms with Crippen LogP contribution in [0.3, 0.4) is 0 Å². The van der Waals surface area contributed by atoms with Gasteiger partial charge in [0.15, 0.2) is 0 Å². The zero-order valence-corrected chi connectivity index (χ0v) is 21.2. The number of nitrogens with zero attached hydrogens (tertiary/aromatic N) is 4. The third-order valence-corrected chi connectivity index (χ3v) is 8.19. The SMILES string of the molecule is CCCn1cc(CN2CCC3(CC2)CN(CCc2ccccc2)CC3C(=O)OC)c2cccnc21. The number of rotatable bonds is 8. The van der Waals surface area contributed by atoms with Crippen molar-refractivity contribution in [2.45, 2.75) is 45.7 Å².